The minimum absolute atomic E-state index is 0. The third-order valence-electron chi connectivity index (χ3n) is 18.7. The molecular weight excluding hydrogens is 1100 g/mol. The summed E-state index contributed by atoms with van der Waals surface area (Å²) in [5.74, 6) is 0. The van der Waals surface area contributed by atoms with Crippen molar-refractivity contribution in [1.82, 2.24) is 0 Å². The smallest absolute Gasteiger partial charge is 0.493 e. The van der Waals surface area contributed by atoms with Gasteiger partial charge in [0.1, 0.15) is 0 Å². The molecule has 87 heavy (non-hydrogen) atoms. The second kappa shape index (κ2) is 66.9. The third kappa shape index (κ3) is 48.4. The zero-order valence-corrected chi connectivity index (χ0v) is 60.7. The molecule has 3 heteroatoms. The molecule has 2 aromatic carbocycles. The van der Waals surface area contributed by atoms with Crippen molar-refractivity contribution in [3.8, 4) is 0 Å². The zero-order chi connectivity index (χ0) is 62.3. The maximum atomic E-state index is 12.1. The summed E-state index contributed by atoms with van der Waals surface area (Å²) in [6.45, 7) is 21.4. The van der Waals surface area contributed by atoms with Crippen LogP contribution in [-0.2, 0) is 29.3 Å². The van der Waals surface area contributed by atoms with Crippen LogP contribution < -0.4 is 0 Å². The quantitative estimate of drug-likeness (QED) is 0.0273. The van der Waals surface area contributed by atoms with E-state index in [-0.39, 0.29) is 16.5 Å². The number of hydrogen-bond acceptors (Lipinski definition) is 0. The molecule has 1 heterocycles. The molecule has 506 valence electrons. The summed E-state index contributed by atoms with van der Waals surface area (Å²) >= 11 is 0. The Balaban J connectivity index is 0.00000209. The number of rotatable bonds is 60. The molecule has 0 saturated carbocycles. The van der Waals surface area contributed by atoms with Gasteiger partial charge in [-0.05, 0) is 86.8 Å². The van der Waals surface area contributed by atoms with Crippen LogP contribution in [0.2, 0.25) is 0 Å². The van der Waals surface area contributed by atoms with Gasteiger partial charge >= 0.3 is 16.5 Å². The topological polar surface area (TPSA) is 25.3 Å². The number of unbranched alkanes of at least 4 members (excludes halogenated alkanes) is 50. The molecule has 1 aliphatic rings. The summed E-state index contributed by atoms with van der Waals surface area (Å²) in [4.78, 5) is 0. The number of hydrogen-bond donors (Lipinski definition) is 0. The normalized spacial score (nSPS) is 12.2. The molecule has 0 aliphatic carbocycles. The van der Waals surface area contributed by atoms with Gasteiger partial charge in [0.25, 0.3) is 0 Å². The number of nitrogens with zero attached hydrogens (tertiary/aromatic N) is 2. The Morgan fingerprint density at radius 3 is 0.655 bits per heavy atom. The molecular formula is C84H150N2Ni. The predicted molar refractivity (Wildman–Crippen MR) is 390 cm³/mol. The van der Waals surface area contributed by atoms with E-state index in [2.05, 4.69) is 104 Å². The molecule has 0 fully saturated rings. The Morgan fingerprint density at radius 1 is 0.241 bits per heavy atom. The van der Waals surface area contributed by atoms with E-state index in [1.807, 2.05) is 0 Å². The predicted octanol–water partition coefficient (Wildman–Crippen LogP) is 30.3. The van der Waals surface area contributed by atoms with Gasteiger partial charge in [0.2, 0.25) is 11.4 Å². The number of allylic oxidation sites excluding steroid dienone is 2. The summed E-state index contributed by atoms with van der Waals surface area (Å²) in [7, 11) is 0. The van der Waals surface area contributed by atoms with E-state index in [1.54, 1.807) is 4.70 Å². The van der Waals surface area contributed by atoms with Gasteiger partial charge < -0.3 is 19.4 Å². The summed E-state index contributed by atoms with van der Waals surface area (Å²) < 4.78 is 1.58. The van der Waals surface area contributed by atoms with Crippen molar-refractivity contribution >= 4 is 11.4 Å². The van der Waals surface area contributed by atoms with Gasteiger partial charge in [-0.2, -0.15) is 12.8 Å². The Kier molecular flexibility index (Phi) is 65.4. The molecule has 0 radical (unpaired) electrons. The molecule has 1 aliphatic heterocycles. The molecule has 0 aromatic heterocycles. The van der Waals surface area contributed by atoms with Crippen LogP contribution in [0.5, 0.6) is 0 Å². The number of benzene rings is 2. The van der Waals surface area contributed by atoms with Crippen LogP contribution in [0, 0.1) is 13.8 Å². The fraction of sp³-hybridized carbons (Fsp3) is 0.786. The van der Waals surface area contributed by atoms with Crippen LogP contribution in [0.15, 0.2) is 59.7 Å². The van der Waals surface area contributed by atoms with Crippen molar-refractivity contribution in [1.29, 1.82) is 0 Å². The van der Waals surface area contributed by atoms with E-state index in [4.69, 9.17) is 0 Å². The third-order valence-corrected chi connectivity index (χ3v) is 18.7. The van der Waals surface area contributed by atoms with Gasteiger partial charge in [-0.15, -0.1) is 0 Å². The Bertz CT molecular complexity index is 1740. The molecule has 2 nitrogen and oxygen atoms in total. The Labute approximate surface area is 557 Å². The standard InChI is InChI=1S/C56H92N2.2C14H29.Ni/c1-5-9-13-14-15-16-17-18-19-20-21-22-23-24-25-26-27-28-29-30-31-32-33-36-40-54-53(39-12-8-4)55(51-45-41-49(42-46-51)37-34-10-6-2)58(57)56(54)52-47-43-50(44-48-52)38-35-11-7-3;2*1-3-5-7-9-11-13-14-12-10-8-6-4-2;/h41-48H,5-40H2,1-4H3;2*1,3-14H2,2H3;/q;2*-1;+2. The second-order valence-electron chi connectivity index (χ2n) is 27.0. The van der Waals surface area contributed by atoms with Crippen molar-refractivity contribution in [3.63, 3.8) is 0 Å². The minimum atomic E-state index is 0. The molecule has 0 spiro atoms. The molecule has 0 unspecified atom stereocenters. The van der Waals surface area contributed by atoms with Crippen molar-refractivity contribution < 1.29 is 21.2 Å². The van der Waals surface area contributed by atoms with Gasteiger partial charge in [0.05, 0.1) is 0 Å². The molecule has 3 rings (SSSR count). The first kappa shape index (κ1) is 85.0. The van der Waals surface area contributed by atoms with Gasteiger partial charge in [-0.25, -0.2) is 4.70 Å². The van der Waals surface area contributed by atoms with E-state index in [9.17, 15) is 5.53 Å². The van der Waals surface area contributed by atoms with E-state index in [0.717, 1.165) is 73.9 Å². The zero-order valence-electron chi connectivity index (χ0n) is 59.7. The van der Waals surface area contributed by atoms with Crippen molar-refractivity contribution in [2.75, 3.05) is 0 Å². The average molecular weight is 1250 g/mol. The van der Waals surface area contributed by atoms with Crippen molar-refractivity contribution in [2.45, 2.75) is 427 Å². The van der Waals surface area contributed by atoms with E-state index in [0.29, 0.717) is 0 Å². The molecule has 0 saturated heterocycles. The van der Waals surface area contributed by atoms with E-state index in [1.165, 1.54) is 356 Å². The molecule has 0 amide bonds. The Morgan fingerprint density at radius 2 is 0.425 bits per heavy atom. The van der Waals surface area contributed by atoms with Crippen LogP contribution in [-0.4, -0.2) is 4.70 Å². The summed E-state index contributed by atoms with van der Waals surface area (Å²) in [6.07, 6.45) is 82.0. The van der Waals surface area contributed by atoms with Crippen LogP contribution in [0.25, 0.3) is 16.9 Å². The molecule has 0 bridgehead atoms. The molecule has 0 atom stereocenters. The molecule has 2 aromatic rings. The first-order valence-corrected chi connectivity index (χ1v) is 39.2. The van der Waals surface area contributed by atoms with Crippen LogP contribution in [0.1, 0.15) is 436 Å². The van der Waals surface area contributed by atoms with Gasteiger partial charge in [0.15, 0.2) is 0 Å². The van der Waals surface area contributed by atoms with Crippen LogP contribution >= 0.6 is 0 Å². The Hall–Kier alpha value is -1.99. The van der Waals surface area contributed by atoms with Gasteiger partial charge in [-0.1, -0.05) is 387 Å². The average Bonchev–Trinajstić information content (AvgIpc) is 1.70. The molecule has 0 N–H and O–H groups in total. The van der Waals surface area contributed by atoms with E-state index < -0.39 is 0 Å². The van der Waals surface area contributed by atoms with Gasteiger partial charge in [-0.3, -0.25) is 0 Å². The fourth-order valence-electron chi connectivity index (χ4n) is 12.9. The first-order valence-electron chi connectivity index (χ1n) is 39.2. The summed E-state index contributed by atoms with van der Waals surface area (Å²) in [5.41, 5.74) is 22.0. The minimum Gasteiger partial charge on any atom is -0.493 e. The summed E-state index contributed by atoms with van der Waals surface area (Å²) in [5, 5.41) is 0. The SMILES string of the molecule is CCCCCCCCCCCCCCCCCCCCCCCCCCC1=C(c2ccc(CCCCC)cc2)[N+](=[N-])C(c2ccc(CCCCC)cc2)=C1CCCC.[CH2-]CCCCCCCCCCCCC.[CH2-]CCCCCCCCCCCCC.[Ni+2]. The monoisotopic (exact) mass is 1250 g/mol. The number of aryl methyl sites for hydroxylation is 2. The fourth-order valence-corrected chi connectivity index (χ4v) is 12.9. The van der Waals surface area contributed by atoms with Crippen molar-refractivity contribution in [2.24, 2.45) is 0 Å². The van der Waals surface area contributed by atoms with Gasteiger partial charge in [0, 0.05) is 22.3 Å². The van der Waals surface area contributed by atoms with Crippen molar-refractivity contribution in [3.05, 3.63) is 101 Å². The first-order chi connectivity index (χ1) is 42.5. The second-order valence-corrected chi connectivity index (χ2v) is 27.0. The maximum Gasteiger partial charge on any atom is 2.00 e. The van der Waals surface area contributed by atoms with Crippen LogP contribution in [0.4, 0.5) is 0 Å². The maximum absolute atomic E-state index is 12.1. The largest absolute Gasteiger partial charge is 2.00 e. The summed E-state index contributed by atoms with van der Waals surface area (Å²) in [6, 6.07) is 18.3. The van der Waals surface area contributed by atoms with E-state index >= 15 is 0 Å². The van der Waals surface area contributed by atoms with Crippen LogP contribution in [0.3, 0.4) is 0 Å².